The molecule has 0 fully saturated rings. The molecular formula is C15H19F4NO. The first-order valence-corrected chi connectivity index (χ1v) is 6.59. The fraction of sp³-hybridized carbons (Fsp3) is 0.467. The number of alkyl halides is 3. The molecule has 0 atom stereocenters. The molecule has 1 aromatic rings. The van der Waals surface area contributed by atoms with Gasteiger partial charge in [0.25, 0.3) is 0 Å². The van der Waals surface area contributed by atoms with E-state index in [-0.39, 0.29) is 0 Å². The molecule has 0 aliphatic carbocycles. The molecule has 0 unspecified atom stereocenters. The van der Waals surface area contributed by atoms with E-state index in [0.29, 0.717) is 30.7 Å². The topological polar surface area (TPSA) is 21.3 Å². The van der Waals surface area contributed by atoms with Gasteiger partial charge in [0.1, 0.15) is 5.82 Å². The molecule has 6 heteroatoms. The van der Waals surface area contributed by atoms with Gasteiger partial charge in [0.05, 0.1) is 12.2 Å². The maximum atomic E-state index is 13.2. The van der Waals surface area contributed by atoms with E-state index < -0.39 is 17.6 Å². The van der Waals surface area contributed by atoms with Crippen LogP contribution in [-0.4, -0.2) is 26.8 Å². The van der Waals surface area contributed by atoms with Crippen molar-refractivity contribution in [2.45, 2.75) is 19.5 Å². The summed E-state index contributed by atoms with van der Waals surface area (Å²) >= 11 is 0. The van der Waals surface area contributed by atoms with Crippen LogP contribution in [0, 0.1) is 5.82 Å². The van der Waals surface area contributed by atoms with Crippen molar-refractivity contribution in [3.63, 3.8) is 0 Å². The summed E-state index contributed by atoms with van der Waals surface area (Å²) in [5.74, 6) is -1.25. The number of nitrogens with one attached hydrogen (secondary N) is 1. The van der Waals surface area contributed by atoms with Gasteiger partial charge in [-0.25, -0.2) is 4.39 Å². The van der Waals surface area contributed by atoms with E-state index in [1.54, 1.807) is 14.0 Å². The minimum absolute atomic E-state index is 0.376. The second kappa shape index (κ2) is 8.14. The second-order valence-electron chi connectivity index (χ2n) is 4.61. The molecule has 1 N–H and O–H groups in total. The summed E-state index contributed by atoms with van der Waals surface area (Å²) < 4.78 is 56.0. The van der Waals surface area contributed by atoms with Gasteiger partial charge in [0, 0.05) is 13.7 Å². The van der Waals surface area contributed by atoms with Gasteiger partial charge >= 0.3 is 6.18 Å². The molecule has 0 amide bonds. The van der Waals surface area contributed by atoms with Crippen molar-refractivity contribution < 1.29 is 22.3 Å². The highest BCUT2D eigenvalue weighted by Crippen LogP contribution is 2.33. The van der Waals surface area contributed by atoms with Crippen molar-refractivity contribution in [1.29, 1.82) is 0 Å². The summed E-state index contributed by atoms with van der Waals surface area (Å²) in [4.78, 5) is 0. The number of ether oxygens (including phenoxy) is 1. The first-order valence-electron chi connectivity index (χ1n) is 6.59. The van der Waals surface area contributed by atoms with E-state index in [0.717, 1.165) is 18.7 Å². The standard InChI is InChI=1S/C15H19F4NO/c1-11(4-3-7-20-8-9-21-2)12-5-6-14(16)13(10-12)15(17,18)19/h4-6,10,20H,3,7-9H2,1-2H3/b11-4-. The van der Waals surface area contributed by atoms with Crippen molar-refractivity contribution >= 4 is 5.57 Å². The molecule has 0 heterocycles. The Morgan fingerprint density at radius 2 is 2.00 bits per heavy atom. The molecule has 0 aromatic heterocycles. The lowest BCUT2D eigenvalue weighted by Crippen LogP contribution is -2.19. The predicted molar refractivity (Wildman–Crippen MR) is 74.4 cm³/mol. The number of methoxy groups -OCH3 is 1. The van der Waals surface area contributed by atoms with Gasteiger partial charge in [-0.15, -0.1) is 0 Å². The summed E-state index contributed by atoms with van der Waals surface area (Å²) in [5.41, 5.74) is -0.166. The molecule has 1 aromatic carbocycles. The number of hydrogen-bond donors (Lipinski definition) is 1. The van der Waals surface area contributed by atoms with Crippen LogP contribution in [0.5, 0.6) is 0 Å². The first kappa shape index (κ1) is 17.7. The molecule has 0 saturated heterocycles. The van der Waals surface area contributed by atoms with E-state index in [2.05, 4.69) is 5.32 Å². The quantitative estimate of drug-likeness (QED) is 0.610. The highest BCUT2D eigenvalue weighted by molar-refractivity contribution is 5.64. The average molecular weight is 305 g/mol. The fourth-order valence-electron chi connectivity index (χ4n) is 1.80. The van der Waals surface area contributed by atoms with Crippen LogP contribution in [0.4, 0.5) is 17.6 Å². The monoisotopic (exact) mass is 305 g/mol. The molecule has 2 nitrogen and oxygen atoms in total. The lowest BCUT2D eigenvalue weighted by Gasteiger charge is -2.10. The van der Waals surface area contributed by atoms with Crippen LogP contribution >= 0.6 is 0 Å². The summed E-state index contributed by atoms with van der Waals surface area (Å²) in [6.45, 7) is 3.74. The van der Waals surface area contributed by atoms with Gasteiger partial charge in [-0.1, -0.05) is 12.1 Å². The molecule has 118 valence electrons. The third-order valence-corrected chi connectivity index (χ3v) is 2.98. The van der Waals surface area contributed by atoms with Crippen molar-refractivity contribution in [1.82, 2.24) is 5.32 Å². The van der Waals surface area contributed by atoms with E-state index in [1.807, 2.05) is 6.08 Å². The minimum Gasteiger partial charge on any atom is -0.383 e. The van der Waals surface area contributed by atoms with Crippen LogP contribution in [0.25, 0.3) is 5.57 Å². The van der Waals surface area contributed by atoms with Crippen LogP contribution in [0.2, 0.25) is 0 Å². The van der Waals surface area contributed by atoms with Gasteiger partial charge in [0.15, 0.2) is 0 Å². The van der Waals surface area contributed by atoms with Crippen LogP contribution in [0.1, 0.15) is 24.5 Å². The van der Waals surface area contributed by atoms with Crippen LogP contribution in [-0.2, 0) is 10.9 Å². The smallest absolute Gasteiger partial charge is 0.383 e. The molecule has 0 saturated carbocycles. The SMILES string of the molecule is COCCNCC/C=C(/C)c1ccc(F)c(C(F)(F)F)c1. The van der Waals surface area contributed by atoms with Crippen molar-refractivity contribution in [3.05, 3.63) is 41.2 Å². The van der Waals surface area contributed by atoms with Crippen LogP contribution < -0.4 is 5.32 Å². The maximum absolute atomic E-state index is 13.2. The number of halogens is 4. The fourth-order valence-corrected chi connectivity index (χ4v) is 1.80. The van der Waals surface area contributed by atoms with Gasteiger partial charge in [0.2, 0.25) is 0 Å². The Morgan fingerprint density at radius 3 is 2.62 bits per heavy atom. The minimum atomic E-state index is -4.68. The van der Waals surface area contributed by atoms with Crippen molar-refractivity contribution in [3.8, 4) is 0 Å². The summed E-state index contributed by atoms with van der Waals surface area (Å²) in [7, 11) is 1.61. The Kier molecular flexibility index (Phi) is 6.84. The molecule has 0 bridgehead atoms. The Hall–Kier alpha value is -1.40. The van der Waals surface area contributed by atoms with E-state index >= 15 is 0 Å². The lowest BCUT2D eigenvalue weighted by molar-refractivity contribution is -0.140. The normalized spacial score (nSPS) is 12.8. The Bertz CT molecular complexity index is 483. The Morgan fingerprint density at radius 1 is 1.29 bits per heavy atom. The van der Waals surface area contributed by atoms with E-state index in [1.165, 1.54) is 6.07 Å². The van der Waals surface area contributed by atoms with Crippen LogP contribution in [0.15, 0.2) is 24.3 Å². The number of rotatable bonds is 7. The van der Waals surface area contributed by atoms with E-state index in [9.17, 15) is 17.6 Å². The summed E-state index contributed by atoms with van der Waals surface area (Å²) in [6.07, 6.45) is -2.18. The molecule has 0 aliphatic heterocycles. The highest BCUT2D eigenvalue weighted by atomic mass is 19.4. The zero-order valence-electron chi connectivity index (χ0n) is 12.1. The van der Waals surface area contributed by atoms with E-state index in [4.69, 9.17) is 4.74 Å². The predicted octanol–water partition coefficient (Wildman–Crippen LogP) is 3.87. The molecule has 0 radical (unpaired) electrons. The first-order chi connectivity index (χ1) is 9.86. The number of allylic oxidation sites excluding steroid dienone is 1. The Balaban J connectivity index is 2.68. The third-order valence-electron chi connectivity index (χ3n) is 2.98. The number of benzene rings is 1. The van der Waals surface area contributed by atoms with Crippen molar-refractivity contribution in [2.75, 3.05) is 26.8 Å². The molecule has 21 heavy (non-hydrogen) atoms. The van der Waals surface area contributed by atoms with Gasteiger partial charge < -0.3 is 10.1 Å². The Labute approximate surface area is 121 Å². The summed E-state index contributed by atoms with van der Waals surface area (Å²) in [6, 6.07) is 3.06. The molecule has 0 spiro atoms. The van der Waals surface area contributed by atoms with Gasteiger partial charge in [-0.2, -0.15) is 13.2 Å². The molecule has 0 aliphatic rings. The number of hydrogen-bond acceptors (Lipinski definition) is 2. The lowest BCUT2D eigenvalue weighted by atomic mass is 10.0. The second-order valence-corrected chi connectivity index (χ2v) is 4.61. The van der Waals surface area contributed by atoms with Crippen LogP contribution in [0.3, 0.4) is 0 Å². The zero-order chi connectivity index (χ0) is 15.9. The highest BCUT2D eigenvalue weighted by Gasteiger charge is 2.34. The average Bonchev–Trinajstić information content (AvgIpc) is 2.41. The van der Waals surface area contributed by atoms with Gasteiger partial charge in [-0.3, -0.25) is 0 Å². The maximum Gasteiger partial charge on any atom is 0.419 e. The summed E-state index contributed by atoms with van der Waals surface area (Å²) in [5, 5.41) is 3.13. The van der Waals surface area contributed by atoms with Gasteiger partial charge in [-0.05, 0) is 43.2 Å². The third kappa shape index (κ3) is 5.85. The molecular weight excluding hydrogens is 286 g/mol. The molecule has 1 rings (SSSR count). The zero-order valence-corrected chi connectivity index (χ0v) is 12.1. The largest absolute Gasteiger partial charge is 0.419 e. The van der Waals surface area contributed by atoms with Crippen molar-refractivity contribution in [2.24, 2.45) is 0 Å².